The first-order valence-electron chi connectivity index (χ1n) is 5.33. The van der Waals surface area contributed by atoms with Gasteiger partial charge in [-0.3, -0.25) is 4.99 Å². The Labute approximate surface area is 86.7 Å². The van der Waals surface area contributed by atoms with Crippen molar-refractivity contribution in [1.29, 1.82) is 0 Å². The molecular weight excluding hydrogens is 174 g/mol. The van der Waals surface area contributed by atoms with Gasteiger partial charge in [0, 0.05) is 20.1 Å². The van der Waals surface area contributed by atoms with Gasteiger partial charge in [-0.2, -0.15) is 0 Å². The minimum absolute atomic E-state index is 0.755. The van der Waals surface area contributed by atoms with Crippen molar-refractivity contribution in [2.75, 3.05) is 20.1 Å². The van der Waals surface area contributed by atoms with Crippen LogP contribution in [0.3, 0.4) is 0 Å². The molecule has 0 aliphatic carbocycles. The van der Waals surface area contributed by atoms with Gasteiger partial charge in [0.25, 0.3) is 0 Å². The van der Waals surface area contributed by atoms with Crippen molar-refractivity contribution in [2.24, 2.45) is 16.6 Å². The van der Waals surface area contributed by atoms with Crippen LogP contribution < -0.4 is 5.73 Å². The van der Waals surface area contributed by atoms with Gasteiger partial charge >= 0.3 is 0 Å². The summed E-state index contributed by atoms with van der Waals surface area (Å²) in [6.45, 7) is 6.41. The van der Waals surface area contributed by atoms with Crippen LogP contribution in [0, 0.1) is 5.92 Å². The molecule has 3 nitrogen and oxygen atoms in total. The third-order valence-electron chi connectivity index (χ3n) is 2.74. The number of allylic oxidation sites excluding steroid dienone is 1. The van der Waals surface area contributed by atoms with E-state index in [1.165, 1.54) is 12.8 Å². The highest BCUT2D eigenvalue weighted by Gasteiger charge is 2.19. The summed E-state index contributed by atoms with van der Waals surface area (Å²) < 4.78 is 0. The van der Waals surface area contributed by atoms with E-state index in [9.17, 15) is 0 Å². The highest BCUT2D eigenvalue weighted by atomic mass is 15.2. The van der Waals surface area contributed by atoms with Crippen molar-refractivity contribution in [3.63, 3.8) is 0 Å². The standard InChI is InChI=1S/C11H21N3/c1-4-10(12)11(13-3)14-7-5-6-9(2)8-14/h4,9H,5-8,12H2,1-3H3/b10-4+,13-11?. The van der Waals surface area contributed by atoms with E-state index in [1.54, 1.807) is 0 Å². The highest BCUT2D eigenvalue weighted by molar-refractivity contribution is 5.97. The second kappa shape index (κ2) is 5.03. The van der Waals surface area contributed by atoms with Gasteiger partial charge in [-0.25, -0.2) is 0 Å². The molecule has 1 saturated heterocycles. The molecule has 0 aromatic rings. The predicted octanol–water partition coefficient (Wildman–Crippen LogP) is 1.61. The summed E-state index contributed by atoms with van der Waals surface area (Å²) in [7, 11) is 1.81. The Morgan fingerprint density at radius 2 is 2.29 bits per heavy atom. The first kappa shape index (κ1) is 11.1. The van der Waals surface area contributed by atoms with Crippen molar-refractivity contribution in [2.45, 2.75) is 26.7 Å². The molecule has 0 aromatic heterocycles. The number of aliphatic imine (C=N–C) groups is 1. The molecule has 0 saturated carbocycles. The third-order valence-corrected chi connectivity index (χ3v) is 2.74. The van der Waals surface area contributed by atoms with Crippen LogP contribution in [0.5, 0.6) is 0 Å². The number of hydrogen-bond acceptors (Lipinski definition) is 2. The summed E-state index contributed by atoms with van der Waals surface area (Å²) in [6, 6.07) is 0. The van der Waals surface area contributed by atoms with Crippen molar-refractivity contribution in [1.82, 2.24) is 4.90 Å². The fourth-order valence-corrected chi connectivity index (χ4v) is 1.96. The van der Waals surface area contributed by atoms with Crippen LogP contribution in [0.15, 0.2) is 16.8 Å². The fraction of sp³-hybridized carbons (Fsp3) is 0.727. The van der Waals surface area contributed by atoms with Crippen LogP contribution in [-0.2, 0) is 0 Å². The Morgan fingerprint density at radius 3 is 2.79 bits per heavy atom. The number of likely N-dealkylation sites (tertiary alicyclic amines) is 1. The van der Waals surface area contributed by atoms with E-state index in [-0.39, 0.29) is 0 Å². The second-order valence-electron chi connectivity index (χ2n) is 3.98. The Balaban J connectivity index is 2.70. The molecule has 14 heavy (non-hydrogen) atoms. The molecule has 1 aliphatic heterocycles. The van der Waals surface area contributed by atoms with Gasteiger partial charge in [0.15, 0.2) is 0 Å². The summed E-state index contributed by atoms with van der Waals surface area (Å²) in [5, 5.41) is 0. The van der Waals surface area contributed by atoms with Gasteiger partial charge in [0.05, 0.1) is 5.70 Å². The normalized spacial score (nSPS) is 25.4. The lowest BCUT2D eigenvalue weighted by Crippen LogP contribution is -2.41. The van der Waals surface area contributed by atoms with Crippen LogP contribution in [0.25, 0.3) is 0 Å². The molecule has 0 radical (unpaired) electrons. The first-order chi connectivity index (χ1) is 6.69. The highest BCUT2D eigenvalue weighted by Crippen LogP contribution is 2.16. The molecule has 0 amide bonds. The Hall–Kier alpha value is -0.990. The Kier molecular flexibility index (Phi) is 3.98. The molecule has 1 aliphatic rings. The number of piperidine rings is 1. The zero-order valence-electron chi connectivity index (χ0n) is 9.45. The average Bonchev–Trinajstić information content (AvgIpc) is 2.19. The van der Waals surface area contributed by atoms with Gasteiger partial charge in [0.2, 0.25) is 0 Å². The van der Waals surface area contributed by atoms with Gasteiger partial charge in [-0.1, -0.05) is 13.0 Å². The molecule has 0 bridgehead atoms. The maximum Gasteiger partial charge on any atom is 0.146 e. The number of amidine groups is 1. The second-order valence-corrected chi connectivity index (χ2v) is 3.98. The lowest BCUT2D eigenvalue weighted by molar-refractivity contribution is 0.273. The lowest BCUT2D eigenvalue weighted by Gasteiger charge is -2.33. The molecule has 2 N–H and O–H groups in total. The molecule has 1 fully saturated rings. The maximum absolute atomic E-state index is 5.89. The molecule has 0 spiro atoms. The average molecular weight is 195 g/mol. The third kappa shape index (κ3) is 2.50. The largest absolute Gasteiger partial charge is 0.396 e. The summed E-state index contributed by atoms with van der Waals surface area (Å²) in [4.78, 5) is 6.56. The van der Waals surface area contributed by atoms with Crippen LogP contribution >= 0.6 is 0 Å². The van der Waals surface area contributed by atoms with Crippen molar-refractivity contribution < 1.29 is 0 Å². The Bertz CT molecular complexity index is 243. The molecule has 1 rings (SSSR count). The zero-order chi connectivity index (χ0) is 10.6. The number of rotatable bonds is 1. The molecule has 1 heterocycles. The van der Waals surface area contributed by atoms with Crippen LogP contribution in [-0.4, -0.2) is 30.9 Å². The molecule has 80 valence electrons. The molecule has 3 heteroatoms. The quantitative estimate of drug-likeness (QED) is 0.510. The smallest absolute Gasteiger partial charge is 0.146 e. The topological polar surface area (TPSA) is 41.6 Å². The van der Waals surface area contributed by atoms with Crippen LogP contribution in [0.2, 0.25) is 0 Å². The Morgan fingerprint density at radius 1 is 1.57 bits per heavy atom. The number of nitrogens with two attached hydrogens (primary N) is 1. The summed E-state index contributed by atoms with van der Waals surface area (Å²) >= 11 is 0. The van der Waals surface area contributed by atoms with Crippen molar-refractivity contribution in [3.05, 3.63) is 11.8 Å². The van der Waals surface area contributed by atoms with E-state index in [4.69, 9.17) is 5.73 Å². The maximum atomic E-state index is 5.89. The van der Waals surface area contributed by atoms with E-state index in [1.807, 2.05) is 20.0 Å². The van der Waals surface area contributed by atoms with Crippen LogP contribution in [0.4, 0.5) is 0 Å². The van der Waals surface area contributed by atoms with E-state index >= 15 is 0 Å². The van der Waals surface area contributed by atoms with Gasteiger partial charge < -0.3 is 10.6 Å². The molecule has 1 unspecified atom stereocenters. The SMILES string of the molecule is C/C=C(/N)C(=NC)N1CCCC(C)C1. The zero-order valence-corrected chi connectivity index (χ0v) is 9.45. The lowest BCUT2D eigenvalue weighted by atomic mass is 10.00. The van der Waals surface area contributed by atoms with E-state index < -0.39 is 0 Å². The van der Waals surface area contributed by atoms with E-state index in [2.05, 4.69) is 16.8 Å². The fourth-order valence-electron chi connectivity index (χ4n) is 1.96. The summed E-state index contributed by atoms with van der Waals surface area (Å²) in [5.41, 5.74) is 6.69. The summed E-state index contributed by atoms with van der Waals surface area (Å²) in [5.74, 6) is 1.71. The van der Waals surface area contributed by atoms with Crippen LogP contribution in [0.1, 0.15) is 26.7 Å². The molecule has 1 atom stereocenters. The predicted molar refractivity (Wildman–Crippen MR) is 61.3 cm³/mol. The van der Waals surface area contributed by atoms with Crippen molar-refractivity contribution in [3.8, 4) is 0 Å². The van der Waals surface area contributed by atoms with Gasteiger partial charge in [-0.15, -0.1) is 0 Å². The minimum Gasteiger partial charge on any atom is -0.396 e. The van der Waals surface area contributed by atoms with E-state index in [0.29, 0.717) is 0 Å². The molecular formula is C11H21N3. The minimum atomic E-state index is 0.755. The number of nitrogens with zero attached hydrogens (tertiary/aromatic N) is 2. The monoisotopic (exact) mass is 195 g/mol. The summed E-state index contributed by atoms with van der Waals surface area (Å²) in [6.07, 6.45) is 4.49. The first-order valence-corrected chi connectivity index (χ1v) is 5.33. The molecule has 0 aromatic carbocycles. The van der Waals surface area contributed by atoms with E-state index in [0.717, 1.165) is 30.5 Å². The van der Waals surface area contributed by atoms with Crippen molar-refractivity contribution >= 4 is 5.84 Å². The number of hydrogen-bond donors (Lipinski definition) is 1. The van der Waals surface area contributed by atoms with Gasteiger partial charge in [0.1, 0.15) is 5.84 Å². The van der Waals surface area contributed by atoms with Gasteiger partial charge in [-0.05, 0) is 25.7 Å².